The summed E-state index contributed by atoms with van der Waals surface area (Å²) in [5.41, 5.74) is 0. The molecule has 0 saturated carbocycles. The number of sulfonamides is 1. The molecule has 0 fully saturated rings. The van der Waals surface area contributed by atoms with Crippen molar-refractivity contribution in [3.8, 4) is 5.75 Å². The molecule has 0 radical (unpaired) electrons. The predicted molar refractivity (Wildman–Crippen MR) is 94.4 cm³/mol. The largest absolute Gasteiger partial charge is 0.487 e. The number of ether oxygens (including phenoxy) is 2. The number of halogens is 2. The second-order valence-corrected chi connectivity index (χ2v) is 7.00. The van der Waals surface area contributed by atoms with Crippen LogP contribution in [0.4, 0.5) is 0 Å². The van der Waals surface area contributed by atoms with Gasteiger partial charge in [-0.3, -0.25) is 0 Å². The summed E-state index contributed by atoms with van der Waals surface area (Å²) in [5.74, 6) is 0.259. The number of methoxy groups -OCH3 is 1. The van der Waals surface area contributed by atoms with Gasteiger partial charge in [-0.15, -0.1) is 12.4 Å². The van der Waals surface area contributed by atoms with Gasteiger partial charge in [0.05, 0.1) is 6.61 Å². The molecule has 1 atom stereocenters. The molecular formula is C14H24Cl2N2O4S. The lowest BCUT2D eigenvalue weighted by atomic mass is 10.3. The standard InChI is InChI=1S/C14H23ClN2O4S.ClH/c1-11(10-20-3)21-13-6-5-12(15)9-14(13)22(18,19)17-8-4-7-16-2;/h5-6,9,11,16-17H,4,7-8,10H2,1-3H3;1H. The van der Waals surface area contributed by atoms with Crippen LogP contribution < -0.4 is 14.8 Å². The van der Waals surface area contributed by atoms with Gasteiger partial charge in [-0.1, -0.05) is 11.6 Å². The van der Waals surface area contributed by atoms with Gasteiger partial charge < -0.3 is 14.8 Å². The van der Waals surface area contributed by atoms with E-state index >= 15 is 0 Å². The number of hydrogen-bond donors (Lipinski definition) is 2. The Labute approximate surface area is 149 Å². The average Bonchev–Trinajstić information content (AvgIpc) is 2.46. The van der Waals surface area contributed by atoms with E-state index in [1.54, 1.807) is 26.2 Å². The zero-order chi connectivity index (χ0) is 16.6. The zero-order valence-electron chi connectivity index (χ0n) is 13.5. The van der Waals surface area contributed by atoms with Crippen LogP contribution in [-0.4, -0.2) is 48.4 Å². The Balaban J connectivity index is 0.00000484. The van der Waals surface area contributed by atoms with Crippen LogP contribution in [-0.2, 0) is 14.8 Å². The number of rotatable bonds is 10. The molecule has 9 heteroatoms. The highest BCUT2D eigenvalue weighted by Gasteiger charge is 2.21. The van der Waals surface area contributed by atoms with Crippen LogP contribution in [0.25, 0.3) is 0 Å². The van der Waals surface area contributed by atoms with Crippen LogP contribution in [0, 0.1) is 0 Å². The van der Waals surface area contributed by atoms with Gasteiger partial charge in [0.1, 0.15) is 16.7 Å². The minimum Gasteiger partial charge on any atom is -0.487 e. The monoisotopic (exact) mass is 386 g/mol. The Morgan fingerprint density at radius 2 is 2.00 bits per heavy atom. The molecule has 1 unspecified atom stereocenters. The summed E-state index contributed by atoms with van der Waals surface area (Å²) < 4.78 is 38.0. The second kappa shape index (κ2) is 11.1. The van der Waals surface area contributed by atoms with E-state index in [1.165, 1.54) is 6.07 Å². The predicted octanol–water partition coefficient (Wildman–Crippen LogP) is 2.06. The lowest BCUT2D eigenvalue weighted by molar-refractivity contribution is 0.0901. The molecule has 0 aliphatic rings. The molecule has 0 amide bonds. The maximum atomic E-state index is 12.4. The summed E-state index contributed by atoms with van der Waals surface area (Å²) in [7, 11) is -0.310. The highest BCUT2D eigenvalue weighted by atomic mass is 35.5. The molecular weight excluding hydrogens is 363 g/mol. The van der Waals surface area contributed by atoms with Gasteiger partial charge in [-0.2, -0.15) is 0 Å². The topological polar surface area (TPSA) is 76.7 Å². The highest BCUT2D eigenvalue weighted by Crippen LogP contribution is 2.28. The van der Waals surface area contributed by atoms with E-state index in [0.29, 0.717) is 24.6 Å². The summed E-state index contributed by atoms with van der Waals surface area (Å²) in [4.78, 5) is 0.0346. The van der Waals surface area contributed by atoms with Gasteiger partial charge in [0.15, 0.2) is 0 Å². The van der Waals surface area contributed by atoms with E-state index in [0.717, 1.165) is 6.54 Å². The first kappa shape index (κ1) is 22.4. The van der Waals surface area contributed by atoms with Crippen molar-refractivity contribution in [2.24, 2.45) is 0 Å². The molecule has 0 spiro atoms. The Morgan fingerprint density at radius 3 is 2.61 bits per heavy atom. The molecule has 0 saturated heterocycles. The molecule has 0 bridgehead atoms. The van der Waals surface area contributed by atoms with Gasteiger partial charge in [-0.25, -0.2) is 13.1 Å². The van der Waals surface area contributed by atoms with Crippen molar-refractivity contribution < 1.29 is 17.9 Å². The van der Waals surface area contributed by atoms with Crippen LogP contribution in [0.5, 0.6) is 5.75 Å². The molecule has 134 valence electrons. The third kappa shape index (κ3) is 7.69. The SMILES string of the molecule is CNCCCNS(=O)(=O)c1cc(Cl)ccc1OC(C)COC.Cl. The molecule has 2 N–H and O–H groups in total. The molecule has 0 heterocycles. The second-order valence-electron chi connectivity index (χ2n) is 4.83. The number of hydrogen-bond acceptors (Lipinski definition) is 5. The molecule has 0 aliphatic heterocycles. The first-order valence-electron chi connectivity index (χ1n) is 7.00. The number of benzene rings is 1. The van der Waals surface area contributed by atoms with E-state index in [2.05, 4.69) is 10.0 Å². The Bertz CT molecular complexity index is 570. The minimum atomic E-state index is -3.68. The van der Waals surface area contributed by atoms with E-state index in [4.69, 9.17) is 21.1 Å². The van der Waals surface area contributed by atoms with Gasteiger partial charge in [0.2, 0.25) is 10.0 Å². The highest BCUT2D eigenvalue weighted by molar-refractivity contribution is 7.89. The first-order valence-corrected chi connectivity index (χ1v) is 8.86. The summed E-state index contributed by atoms with van der Waals surface area (Å²) in [5, 5.41) is 3.30. The fourth-order valence-electron chi connectivity index (χ4n) is 1.82. The van der Waals surface area contributed by atoms with E-state index in [-0.39, 0.29) is 29.2 Å². The lowest BCUT2D eigenvalue weighted by Crippen LogP contribution is -2.28. The Hall–Kier alpha value is -0.570. The van der Waals surface area contributed by atoms with Crippen molar-refractivity contribution in [1.29, 1.82) is 0 Å². The number of nitrogens with one attached hydrogen (secondary N) is 2. The van der Waals surface area contributed by atoms with Crippen LogP contribution in [0.3, 0.4) is 0 Å². The van der Waals surface area contributed by atoms with Crippen LogP contribution in [0.1, 0.15) is 13.3 Å². The van der Waals surface area contributed by atoms with Crippen molar-refractivity contribution in [3.63, 3.8) is 0 Å². The van der Waals surface area contributed by atoms with E-state index in [9.17, 15) is 8.42 Å². The average molecular weight is 387 g/mol. The van der Waals surface area contributed by atoms with Crippen molar-refractivity contribution in [3.05, 3.63) is 23.2 Å². The van der Waals surface area contributed by atoms with Crippen molar-refractivity contribution in [1.82, 2.24) is 10.0 Å². The van der Waals surface area contributed by atoms with E-state index in [1.807, 2.05) is 7.05 Å². The Kier molecular flexibility index (Phi) is 10.8. The molecule has 0 aromatic heterocycles. The Morgan fingerprint density at radius 1 is 1.30 bits per heavy atom. The fraction of sp³-hybridized carbons (Fsp3) is 0.571. The normalized spacial score (nSPS) is 12.5. The fourth-order valence-corrected chi connectivity index (χ4v) is 3.29. The third-order valence-electron chi connectivity index (χ3n) is 2.82. The molecule has 23 heavy (non-hydrogen) atoms. The zero-order valence-corrected chi connectivity index (χ0v) is 15.9. The van der Waals surface area contributed by atoms with Gasteiger partial charge in [-0.05, 0) is 45.1 Å². The van der Waals surface area contributed by atoms with Gasteiger partial charge in [0.25, 0.3) is 0 Å². The first-order chi connectivity index (χ1) is 10.4. The maximum absolute atomic E-state index is 12.4. The summed E-state index contributed by atoms with van der Waals surface area (Å²) >= 11 is 5.92. The summed E-state index contributed by atoms with van der Waals surface area (Å²) in [6.45, 7) is 3.22. The molecule has 6 nitrogen and oxygen atoms in total. The van der Waals surface area contributed by atoms with E-state index < -0.39 is 10.0 Å². The smallest absolute Gasteiger partial charge is 0.244 e. The molecule has 1 aromatic carbocycles. The maximum Gasteiger partial charge on any atom is 0.244 e. The van der Waals surface area contributed by atoms with Crippen molar-refractivity contribution in [2.45, 2.75) is 24.3 Å². The summed E-state index contributed by atoms with van der Waals surface area (Å²) in [6, 6.07) is 4.53. The quantitative estimate of drug-likeness (QED) is 0.601. The lowest BCUT2D eigenvalue weighted by Gasteiger charge is -2.17. The minimum absolute atomic E-state index is 0. The van der Waals surface area contributed by atoms with Crippen molar-refractivity contribution >= 4 is 34.0 Å². The van der Waals surface area contributed by atoms with Crippen LogP contribution >= 0.6 is 24.0 Å². The summed E-state index contributed by atoms with van der Waals surface area (Å²) in [6.07, 6.45) is 0.413. The molecule has 0 aliphatic carbocycles. The third-order valence-corrected chi connectivity index (χ3v) is 4.54. The molecule has 1 aromatic rings. The van der Waals surface area contributed by atoms with Crippen LogP contribution in [0.2, 0.25) is 5.02 Å². The van der Waals surface area contributed by atoms with Crippen molar-refractivity contribution in [2.75, 3.05) is 33.9 Å². The molecule has 1 rings (SSSR count). The van der Waals surface area contributed by atoms with Crippen LogP contribution in [0.15, 0.2) is 23.1 Å². The van der Waals surface area contributed by atoms with Gasteiger partial charge in [0, 0.05) is 18.7 Å². The van der Waals surface area contributed by atoms with Gasteiger partial charge >= 0.3 is 0 Å².